The van der Waals surface area contributed by atoms with Crippen molar-refractivity contribution in [2.24, 2.45) is 0 Å². The van der Waals surface area contributed by atoms with Crippen LogP contribution < -0.4 is 0 Å². The second kappa shape index (κ2) is 14.1. The molecular weight excluding hydrogens is 502 g/mol. The molecule has 7 heteroatoms. The highest BCUT2D eigenvalue weighted by molar-refractivity contribution is 5.89. The summed E-state index contributed by atoms with van der Waals surface area (Å²) in [6.45, 7) is 7.51. The van der Waals surface area contributed by atoms with E-state index in [4.69, 9.17) is 10.2 Å². The van der Waals surface area contributed by atoms with Crippen LogP contribution in [0.2, 0.25) is 0 Å². The number of hydrogen-bond acceptors (Lipinski definition) is 4. The van der Waals surface area contributed by atoms with E-state index in [1.807, 2.05) is 0 Å². The Hall–Kier alpha value is -4.46. The summed E-state index contributed by atoms with van der Waals surface area (Å²) >= 11 is 0. The summed E-state index contributed by atoms with van der Waals surface area (Å²) in [4.78, 5) is 27.9. The lowest BCUT2D eigenvalue weighted by atomic mass is 9.96. The highest BCUT2D eigenvalue weighted by Gasteiger charge is 2.26. The molecule has 0 aliphatic carbocycles. The number of hydrogen-bond donors (Lipinski definition) is 3. The highest BCUT2D eigenvalue weighted by atomic mass is 16.4. The molecule has 0 saturated carbocycles. The van der Waals surface area contributed by atoms with E-state index in [1.165, 1.54) is 33.6 Å². The second-order valence-electron chi connectivity index (χ2n) is 9.75. The number of carboxylic acid groups (broad SMARTS) is 2. The average molecular weight is 538 g/mol. The molecule has 2 heterocycles. The molecule has 0 spiro atoms. The van der Waals surface area contributed by atoms with Crippen molar-refractivity contribution in [3.8, 4) is 11.3 Å². The molecule has 1 saturated heterocycles. The fourth-order valence-corrected chi connectivity index (χ4v) is 4.99. The summed E-state index contributed by atoms with van der Waals surface area (Å²) in [7, 11) is 0. The number of aryl methyl sites for hydroxylation is 1. The highest BCUT2D eigenvalue weighted by Crippen LogP contribution is 2.30. The molecule has 5 rings (SSSR count). The number of carboxylic acids is 2. The van der Waals surface area contributed by atoms with Crippen molar-refractivity contribution in [3.05, 3.63) is 132 Å². The molecule has 0 radical (unpaired) electrons. The van der Waals surface area contributed by atoms with E-state index in [0.717, 1.165) is 32.7 Å². The molecule has 3 aromatic carbocycles. The van der Waals surface area contributed by atoms with E-state index < -0.39 is 11.9 Å². The van der Waals surface area contributed by atoms with Crippen molar-refractivity contribution < 1.29 is 19.8 Å². The van der Waals surface area contributed by atoms with Crippen LogP contribution in [0.5, 0.6) is 0 Å². The molecule has 1 fully saturated rings. The lowest BCUT2D eigenvalue weighted by molar-refractivity contribution is -0.134. The predicted molar refractivity (Wildman–Crippen MR) is 157 cm³/mol. The van der Waals surface area contributed by atoms with Gasteiger partial charge in [-0.25, -0.2) is 9.59 Å². The molecule has 0 atom stereocenters. The van der Waals surface area contributed by atoms with Crippen LogP contribution in [0.15, 0.2) is 109 Å². The van der Waals surface area contributed by atoms with Crippen LogP contribution in [0, 0.1) is 6.92 Å². The molecule has 0 bridgehead atoms. The Morgan fingerprint density at radius 1 is 0.775 bits per heavy atom. The van der Waals surface area contributed by atoms with Gasteiger partial charge in [0, 0.05) is 56.3 Å². The Bertz CT molecular complexity index is 1340. The van der Waals surface area contributed by atoms with Crippen molar-refractivity contribution in [2.45, 2.75) is 19.5 Å². The van der Waals surface area contributed by atoms with Crippen LogP contribution in [0.4, 0.5) is 0 Å². The average Bonchev–Trinajstić information content (AvgIpc) is 3.35. The minimum Gasteiger partial charge on any atom is -0.478 e. The number of aliphatic carboxylic acids is 2. The quantitative estimate of drug-likeness (QED) is 0.253. The van der Waals surface area contributed by atoms with E-state index in [-0.39, 0.29) is 0 Å². The largest absolute Gasteiger partial charge is 0.478 e. The van der Waals surface area contributed by atoms with Crippen molar-refractivity contribution in [1.82, 2.24) is 14.8 Å². The normalized spacial score (nSPS) is 14.2. The monoisotopic (exact) mass is 537 g/mol. The van der Waals surface area contributed by atoms with Gasteiger partial charge in [0.05, 0.1) is 6.04 Å². The Labute approximate surface area is 235 Å². The molecule has 7 nitrogen and oxygen atoms in total. The summed E-state index contributed by atoms with van der Waals surface area (Å²) in [6, 6.07) is 35.1. The first kappa shape index (κ1) is 28.5. The van der Waals surface area contributed by atoms with Crippen molar-refractivity contribution in [2.75, 3.05) is 26.2 Å². The number of benzene rings is 3. The number of aromatic nitrogens is 1. The molecular formula is C33H35N3O4. The van der Waals surface area contributed by atoms with Crippen LogP contribution >= 0.6 is 0 Å². The lowest BCUT2D eigenvalue weighted by Gasteiger charge is -2.39. The molecule has 4 aromatic rings. The van der Waals surface area contributed by atoms with E-state index in [2.05, 4.69) is 119 Å². The Kier molecular flexibility index (Phi) is 10.0. The summed E-state index contributed by atoms with van der Waals surface area (Å²) in [6.07, 6.45) is 1.12. The molecule has 40 heavy (non-hydrogen) atoms. The van der Waals surface area contributed by atoms with Crippen molar-refractivity contribution in [3.63, 3.8) is 0 Å². The van der Waals surface area contributed by atoms with Gasteiger partial charge in [0.25, 0.3) is 0 Å². The van der Waals surface area contributed by atoms with Crippen molar-refractivity contribution >= 4 is 11.9 Å². The van der Waals surface area contributed by atoms with E-state index in [9.17, 15) is 9.59 Å². The molecule has 206 valence electrons. The van der Waals surface area contributed by atoms with E-state index in [0.29, 0.717) is 18.2 Å². The molecule has 3 N–H and O–H groups in total. The molecule has 0 amide bonds. The van der Waals surface area contributed by atoms with Gasteiger partial charge >= 0.3 is 11.9 Å². The number of rotatable bonds is 8. The fourth-order valence-electron chi connectivity index (χ4n) is 4.99. The third-order valence-electron chi connectivity index (χ3n) is 6.97. The minimum atomic E-state index is -1.26. The maximum atomic E-state index is 9.55. The first-order chi connectivity index (χ1) is 19.4. The maximum Gasteiger partial charge on any atom is 0.328 e. The van der Waals surface area contributed by atoms with Crippen molar-refractivity contribution in [1.29, 1.82) is 0 Å². The fraction of sp³-hybridized carbons (Fsp3) is 0.212. The lowest BCUT2D eigenvalue weighted by Crippen LogP contribution is -2.47. The van der Waals surface area contributed by atoms with E-state index in [1.54, 1.807) is 0 Å². The van der Waals surface area contributed by atoms with Crippen LogP contribution in [0.1, 0.15) is 28.4 Å². The van der Waals surface area contributed by atoms with Gasteiger partial charge in [-0.2, -0.15) is 0 Å². The van der Waals surface area contributed by atoms with Gasteiger partial charge in [-0.05, 0) is 35.2 Å². The maximum absolute atomic E-state index is 9.55. The zero-order valence-electron chi connectivity index (χ0n) is 22.6. The standard InChI is InChI=1S/C29H31N3.C4H4O4/c1-23-27(21-28(30-23)24-11-5-2-6-12-24)22-31-17-19-32(20-18-31)29(25-13-7-3-8-14-25)26-15-9-4-10-16-26;5-3(6)1-2-4(7)8/h2-16,21,29-30H,17-20,22H2,1H3;1-2H,(H,5,6)(H,7,8)/b;2-1-. The number of nitrogens with one attached hydrogen (secondary N) is 1. The van der Waals surface area contributed by atoms with Crippen LogP contribution in [0.25, 0.3) is 11.3 Å². The van der Waals surface area contributed by atoms with Gasteiger partial charge in [0.2, 0.25) is 0 Å². The minimum absolute atomic E-state index is 0.318. The third kappa shape index (κ3) is 8.02. The predicted octanol–water partition coefficient (Wildman–Crippen LogP) is 5.61. The van der Waals surface area contributed by atoms with Gasteiger partial charge < -0.3 is 15.2 Å². The molecule has 1 aliphatic rings. The zero-order valence-corrected chi connectivity index (χ0v) is 22.6. The van der Waals surface area contributed by atoms with Gasteiger partial charge in [-0.15, -0.1) is 0 Å². The Morgan fingerprint density at radius 3 is 1.73 bits per heavy atom. The Morgan fingerprint density at radius 2 is 1.25 bits per heavy atom. The summed E-state index contributed by atoms with van der Waals surface area (Å²) in [5.41, 5.74) is 7.89. The summed E-state index contributed by atoms with van der Waals surface area (Å²) in [5.74, 6) is -2.51. The number of aromatic amines is 1. The first-order valence-corrected chi connectivity index (χ1v) is 13.3. The van der Waals surface area contributed by atoms with Gasteiger partial charge in [-0.1, -0.05) is 91.0 Å². The molecule has 0 unspecified atom stereocenters. The van der Waals surface area contributed by atoms with Gasteiger partial charge in [0.1, 0.15) is 0 Å². The first-order valence-electron chi connectivity index (χ1n) is 13.3. The smallest absolute Gasteiger partial charge is 0.328 e. The van der Waals surface area contributed by atoms with E-state index >= 15 is 0 Å². The SMILES string of the molecule is Cc1[nH]c(-c2ccccc2)cc1CN1CCN(C(c2ccccc2)c2ccccc2)CC1.O=C(O)/C=C\C(=O)O. The second-order valence-corrected chi connectivity index (χ2v) is 9.75. The van der Waals surface area contributed by atoms with Gasteiger partial charge in [-0.3, -0.25) is 9.80 Å². The number of nitrogens with zero attached hydrogens (tertiary/aromatic N) is 2. The number of piperazine rings is 1. The number of H-pyrrole nitrogens is 1. The van der Waals surface area contributed by atoms with Crippen LogP contribution in [0.3, 0.4) is 0 Å². The topological polar surface area (TPSA) is 96.9 Å². The summed E-state index contributed by atoms with van der Waals surface area (Å²) < 4.78 is 0. The zero-order chi connectivity index (χ0) is 28.3. The van der Waals surface area contributed by atoms with Gasteiger partial charge in [0.15, 0.2) is 0 Å². The van der Waals surface area contributed by atoms with Crippen LogP contribution in [-0.4, -0.2) is 63.1 Å². The third-order valence-corrected chi connectivity index (χ3v) is 6.97. The summed E-state index contributed by atoms with van der Waals surface area (Å²) in [5, 5.41) is 15.6. The van der Waals surface area contributed by atoms with Crippen LogP contribution in [-0.2, 0) is 16.1 Å². The molecule has 1 aliphatic heterocycles. The number of carbonyl (C=O) groups is 2. The molecule has 1 aromatic heterocycles. The Balaban J connectivity index is 0.000000406.